The van der Waals surface area contributed by atoms with Gasteiger partial charge in [0.05, 0.1) is 0 Å². The van der Waals surface area contributed by atoms with Gasteiger partial charge in [-0.25, -0.2) is 15.0 Å². The molecular formula is C45H32N3OP. The van der Waals surface area contributed by atoms with Gasteiger partial charge in [-0.15, -0.1) is 0 Å². The molecule has 8 aromatic rings. The summed E-state index contributed by atoms with van der Waals surface area (Å²) in [5.41, 5.74) is 7.19. The summed E-state index contributed by atoms with van der Waals surface area (Å²) in [7, 11) is -3.01. The van der Waals surface area contributed by atoms with Crippen LogP contribution in [0.4, 0.5) is 0 Å². The van der Waals surface area contributed by atoms with E-state index in [4.69, 9.17) is 15.0 Å². The van der Waals surface area contributed by atoms with Crippen molar-refractivity contribution in [1.82, 2.24) is 15.0 Å². The minimum atomic E-state index is -3.01. The number of rotatable bonds is 8. The van der Waals surface area contributed by atoms with Crippen LogP contribution >= 0.6 is 7.14 Å². The molecule has 1 heterocycles. The Morgan fingerprint density at radius 3 is 0.840 bits per heavy atom. The standard InChI is InChI=1S/C45H32N3OP/c49-50(40-17-9-3-10-18-40,41-19-11-4-12-20-41)42-31-29-36(30-32-42)34-23-21-33(22-24-34)35-25-27-39(28-26-35)45-47-43(37-13-5-1-6-14-37)46-44(48-45)38-15-7-2-8-16-38/h1-32H. The largest absolute Gasteiger partial charge is 0.309 e. The molecule has 0 saturated heterocycles. The van der Waals surface area contributed by atoms with E-state index in [1.165, 1.54) is 0 Å². The van der Waals surface area contributed by atoms with Crippen LogP contribution in [-0.2, 0) is 4.57 Å². The molecule has 0 unspecified atom stereocenters. The lowest BCUT2D eigenvalue weighted by molar-refractivity contribution is 0.592. The fourth-order valence-corrected chi connectivity index (χ4v) is 8.84. The number of hydrogen-bond donors (Lipinski definition) is 0. The van der Waals surface area contributed by atoms with Crippen LogP contribution in [0.3, 0.4) is 0 Å². The highest BCUT2D eigenvalue weighted by Crippen LogP contribution is 2.42. The van der Waals surface area contributed by atoms with Crippen molar-refractivity contribution in [3.05, 3.63) is 194 Å². The smallest absolute Gasteiger partial charge is 0.171 e. The third-order valence-corrected chi connectivity index (χ3v) is 11.9. The highest BCUT2D eigenvalue weighted by atomic mass is 31.2. The second kappa shape index (κ2) is 13.7. The molecule has 0 saturated carbocycles. The lowest BCUT2D eigenvalue weighted by atomic mass is 9.99. The van der Waals surface area contributed by atoms with Crippen molar-refractivity contribution in [2.24, 2.45) is 0 Å². The molecule has 0 aliphatic rings. The van der Waals surface area contributed by atoms with Crippen LogP contribution in [0.1, 0.15) is 0 Å². The molecule has 0 fully saturated rings. The number of nitrogens with zero attached hydrogens (tertiary/aromatic N) is 3. The van der Waals surface area contributed by atoms with Crippen LogP contribution in [0, 0.1) is 0 Å². The quantitative estimate of drug-likeness (QED) is 0.152. The lowest BCUT2D eigenvalue weighted by Crippen LogP contribution is -2.24. The molecule has 238 valence electrons. The first-order chi connectivity index (χ1) is 24.6. The topological polar surface area (TPSA) is 55.7 Å². The van der Waals surface area contributed by atoms with E-state index < -0.39 is 7.14 Å². The van der Waals surface area contributed by atoms with Gasteiger partial charge in [-0.3, -0.25) is 0 Å². The van der Waals surface area contributed by atoms with Crippen LogP contribution in [0.25, 0.3) is 56.4 Å². The molecular weight excluding hydrogens is 629 g/mol. The van der Waals surface area contributed by atoms with Crippen LogP contribution < -0.4 is 15.9 Å². The Morgan fingerprint density at radius 2 is 0.500 bits per heavy atom. The van der Waals surface area contributed by atoms with E-state index in [9.17, 15) is 4.57 Å². The van der Waals surface area contributed by atoms with Crippen molar-refractivity contribution in [2.75, 3.05) is 0 Å². The predicted octanol–water partition coefficient (Wildman–Crippen LogP) is 9.85. The maximum atomic E-state index is 14.7. The zero-order valence-corrected chi connectivity index (χ0v) is 28.1. The average Bonchev–Trinajstić information content (AvgIpc) is 3.22. The fraction of sp³-hybridized carbons (Fsp3) is 0. The Hall–Kier alpha value is -6.22. The summed E-state index contributed by atoms with van der Waals surface area (Å²) in [6, 6.07) is 64.6. The van der Waals surface area contributed by atoms with E-state index in [1.54, 1.807) is 0 Å². The first-order valence-electron chi connectivity index (χ1n) is 16.6. The Labute approximate surface area is 292 Å². The summed E-state index contributed by atoms with van der Waals surface area (Å²) in [6.45, 7) is 0. The third kappa shape index (κ3) is 6.21. The van der Waals surface area contributed by atoms with Gasteiger partial charge in [-0.05, 0) is 22.3 Å². The number of aromatic nitrogens is 3. The molecule has 50 heavy (non-hydrogen) atoms. The second-order valence-corrected chi connectivity index (χ2v) is 14.8. The summed E-state index contributed by atoms with van der Waals surface area (Å²) in [5.74, 6) is 1.92. The van der Waals surface area contributed by atoms with Crippen molar-refractivity contribution in [3.63, 3.8) is 0 Å². The molecule has 8 rings (SSSR count). The maximum absolute atomic E-state index is 14.7. The van der Waals surface area contributed by atoms with E-state index in [0.717, 1.165) is 54.9 Å². The Balaban J connectivity index is 1.06. The van der Waals surface area contributed by atoms with Gasteiger partial charge in [0.1, 0.15) is 0 Å². The van der Waals surface area contributed by atoms with Crippen LogP contribution in [-0.4, -0.2) is 15.0 Å². The molecule has 0 radical (unpaired) electrons. The van der Waals surface area contributed by atoms with E-state index >= 15 is 0 Å². The molecule has 5 heteroatoms. The van der Waals surface area contributed by atoms with Crippen molar-refractivity contribution in [1.29, 1.82) is 0 Å². The molecule has 1 aromatic heterocycles. The lowest BCUT2D eigenvalue weighted by Gasteiger charge is -2.20. The summed E-state index contributed by atoms with van der Waals surface area (Å²) < 4.78 is 14.7. The van der Waals surface area contributed by atoms with Gasteiger partial charge < -0.3 is 4.57 Å². The van der Waals surface area contributed by atoms with Crippen LogP contribution in [0.2, 0.25) is 0 Å². The molecule has 0 aliphatic heterocycles. The van der Waals surface area contributed by atoms with Gasteiger partial charge in [0, 0.05) is 32.6 Å². The molecule has 0 bridgehead atoms. The first-order valence-corrected chi connectivity index (χ1v) is 18.3. The van der Waals surface area contributed by atoms with E-state index in [1.807, 2.05) is 133 Å². The minimum Gasteiger partial charge on any atom is -0.309 e. The van der Waals surface area contributed by atoms with Crippen molar-refractivity contribution >= 4 is 23.1 Å². The molecule has 0 atom stereocenters. The van der Waals surface area contributed by atoms with Crippen LogP contribution in [0.15, 0.2) is 194 Å². The molecule has 0 amide bonds. The summed E-state index contributed by atoms with van der Waals surface area (Å²) in [5, 5.41) is 2.48. The zero-order chi connectivity index (χ0) is 33.8. The first kappa shape index (κ1) is 31.1. The molecule has 0 N–H and O–H groups in total. The number of hydrogen-bond acceptors (Lipinski definition) is 4. The van der Waals surface area contributed by atoms with Gasteiger partial charge in [0.2, 0.25) is 0 Å². The van der Waals surface area contributed by atoms with Crippen molar-refractivity contribution < 1.29 is 4.57 Å². The average molecular weight is 662 g/mol. The van der Waals surface area contributed by atoms with Crippen molar-refractivity contribution in [2.45, 2.75) is 0 Å². The maximum Gasteiger partial charge on any atom is 0.171 e. The molecule has 4 nitrogen and oxygen atoms in total. The molecule has 0 spiro atoms. The highest BCUT2D eigenvalue weighted by Gasteiger charge is 2.29. The van der Waals surface area contributed by atoms with E-state index in [0.29, 0.717) is 17.5 Å². The molecule has 7 aromatic carbocycles. The van der Waals surface area contributed by atoms with Gasteiger partial charge >= 0.3 is 0 Å². The summed E-state index contributed by atoms with van der Waals surface area (Å²) >= 11 is 0. The van der Waals surface area contributed by atoms with Gasteiger partial charge in [-0.1, -0.05) is 194 Å². The Bertz CT molecular complexity index is 2300. The van der Waals surface area contributed by atoms with E-state index in [-0.39, 0.29) is 0 Å². The summed E-state index contributed by atoms with van der Waals surface area (Å²) in [6.07, 6.45) is 0. The van der Waals surface area contributed by atoms with Crippen LogP contribution in [0.5, 0.6) is 0 Å². The minimum absolute atomic E-state index is 0.632. The zero-order valence-electron chi connectivity index (χ0n) is 27.2. The monoisotopic (exact) mass is 661 g/mol. The van der Waals surface area contributed by atoms with Gasteiger partial charge in [0.25, 0.3) is 0 Å². The van der Waals surface area contributed by atoms with Crippen molar-refractivity contribution in [3.8, 4) is 56.4 Å². The second-order valence-electron chi connectivity index (χ2n) is 12.0. The highest BCUT2D eigenvalue weighted by molar-refractivity contribution is 7.85. The Kier molecular flexibility index (Phi) is 8.53. The third-order valence-electron chi connectivity index (χ3n) is 8.86. The van der Waals surface area contributed by atoms with E-state index in [2.05, 4.69) is 60.7 Å². The molecule has 0 aliphatic carbocycles. The SMILES string of the molecule is O=P(c1ccccc1)(c1ccccc1)c1ccc(-c2ccc(-c3ccc(-c4nc(-c5ccccc5)nc(-c5ccccc5)n4)cc3)cc2)cc1. The number of benzene rings is 7. The predicted molar refractivity (Wildman–Crippen MR) is 206 cm³/mol. The van der Waals surface area contributed by atoms with Gasteiger partial charge in [-0.2, -0.15) is 0 Å². The Morgan fingerprint density at radius 1 is 0.260 bits per heavy atom. The van der Waals surface area contributed by atoms with Gasteiger partial charge in [0.15, 0.2) is 24.6 Å². The fourth-order valence-electron chi connectivity index (χ4n) is 6.19. The normalized spacial score (nSPS) is 11.3. The summed E-state index contributed by atoms with van der Waals surface area (Å²) in [4.78, 5) is 14.5.